The Hall–Kier alpha value is -1.09. The van der Waals surface area contributed by atoms with Gasteiger partial charge in [0, 0.05) is 13.3 Å². The highest BCUT2D eigenvalue weighted by Gasteiger charge is 2.31. The summed E-state index contributed by atoms with van der Waals surface area (Å²) in [5.74, 6) is 1.72. The van der Waals surface area contributed by atoms with Crippen LogP contribution in [0.25, 0.3) is 0 Å². The Morgan fingerprint density at radius 3 is 3.00 bits per heavy atom. The maximum atomic E-state index is 5.19. The van der Waals surface area contributed by atoms with Crippen molar-refractivity contribution in [2.45, 2.75) is 18.9 Å². The van der Waals surface area contributed by atoms with Crippen molar-refractivity contribution in [3.8, 4) is 0 Å². The Morgan fingerprint density at radius 2 is 2.43 bits per heavy atom. The van der Waals surface area contributed by atoms with Crippen LogP contribution < -0.4 is 5.32 Å². The van der Waals surface area contributed by atoms with Crippen molar-refractivity contribution in [3.63, 3.8) is 0 Å². The van der Waals surface area contributed by atoms with Crippen LogP contribution in [0.2, 0.25) is 0 Å². The molecule has 0 aromatic carbocycles. The van der Waals surface area contributed by atoms with Gasteiger partial charge in [-0.2, -0.15) is 0 Å². The Balaban J connectivity index is 1.93. The average Bonchev–Trinajstić information content (AvgIpc) is 3.02. The second-order valence-corrected chi connectivity index (χ2v) is 3.76. The van der Waals surface area contributed by atoms with E-state index in [1.807, 2.05) is 18.2 Å². The number of aromatic nitrogens is 1. The van der Waals surface area contributed by atoms with E-state index in [4.69, 9.17) is 4.74 Å². The molecule has 1 aliphatic rings. The van der Waals surface area contributed by atoms with Crippen molar-refractivity contribution in [1.82, 2.24) is 4.98 Å². The molecular formula is C11H16N2O. The Kier molecular flexibility index (Phi) is 2.99. The van der Waals surface area contributed by atoms with Gasteiger partial charge >= 0.3 is 0 Å². The van der Waals surface area contributed by atoms with Gasteiger partial charge in [0.1, 0.15) is 5.82 Å². The zero-order valence-electron chi connectivity index (χ0n) is 8.44. The van der Waals surface area contributed by atoms with Gasteiger partial charge in [0.25, 0.3) is 0 Å². The van der Waals surface area contributed by atoms with E-state index in [1.165, 1.54) is 12.8 Å². The summed E-state index contributed by atoms with van der Waals surface area (Å²) in [6.45, 7) is 0.765. The second-order valence-electron chi connectivity index (χ2n) is 3.76. The minimum absolute atomic E-state index is 0.426. The number of pyridine rings is 1. The molecule has 0 spiro atoms. The molecule has 1 aliphatic carbocycles. The van der Waals surface area contributed by atoms with E-state index in [1.54, 1.807) is 13.3 Å². The molecule has 2 rings (SSSR count). The van der Waals surface area contributed by atoms with Crippen LogP contribution in [0.4, 0.5) is 5.82 Å². The van der Waals surface area contributed by atoms with Gasteiger partial charge < -0.3 is 10.1 Å². The van der Waals surface area contributed by atoms with Crippen LogP contribution in [0.3, 0.4) is 0 Å². The molecule has 0 radical (unpaired) electrons. The first-order chi connectivity index (χ1) is 6.90. The first-order valence-corrected chi connectivity index (χ1v) is 5.06. The summed E-state index contributed by atoms with van der Waals surface area (Å²) in [5.41, 5.74) is 0. The summed E-state index contributed by atoms with van der Waals surface area (Å²) >= 11 is 0. The Bertz CT molecular complexity index is 272. The number of nitrogens with zero attached hydrogens (tertiary/aromatic N) is 1. The number of hydrogen-bond acceptors (Lipinski definition) is 3. The van der Waals surface area contributed by atoms with E-state index in [0.717, 1.165) is 18.3 Å². The fraction of sp³-hybridized carbons (Fsp3) is 0.545. The lowest BCUT2D eigenvalue weighted by molar-refractivity contribution is 0.179. The van der Waals surface area contributed by atoms with Crippen LogP contribution in [0.1, 0.15) is 12.8 Å². The van der Waals surface area contributed by atoms with E-state index < -0.39 is 0 Å². The number of anilines is 1. The highest BCUT2D eigenvalue weighted by Crippen LogP contribution is 2.34. The fourth-order valence-electron chi connectivity index (χ4n) is 1.61. The van der Waals surface area contributed by atoms with Crippen LogP contribution >= 0.6 is 0 Å². The Labute approximate surface area is 84.5 Å². The molecule has 0 bridgehead atoms. The maximum absolute atomic E-state index is 5.19. The van der Waals surface area contributed by atoms with Gasteiger partial charge in [-0.15, -0.1) is 0 Å². The quantitative estimate of drug-likeness (QED) is 0.774. The van der Waals surface area contributed by atoms with E-state index in [-0.39, 0.29) is 0 Å². The molecule has 1 unspecified atom stereocenters. The highest BCUT2D eigenvalue weighted by atomic mass is 16.5. The summed E-state index contributed by atoms with van der Waals surface area (Å²) in [6, 6.07) is 6.33. The average molecular weight is 192 g/mol. The summed E-state index contributed by atoms with van der Waals surface area (Å²) in [7, 11) is 1.75. The number of methoxy groups -OCH3 is 1. The van der Waals surface area contributed by atoms with Crippen LogP contribution in [0.5, 0.6) is 0 Å². The summed E-state index contributed by atoms with van der Waals surface area (Å²) in [6.07, 6.45) is 4.43. The van der Waals surface area contributed by atoms with Crippen molar-refractivity contribution in [1.29, 1.82) is 0 Å². The lowest BCUT2D eigenvalue weighted by Gasteiger charge is -2.17. The summed E-state index contributed by atoms with van der Waals surface area (Å²) < 4.78 is 5.19. The third-order valence-corrected chi connectivity index (χ3v) is 2.54. The molecule has 14 heavy (non-hydrogen) atoms. The number of ether oxygens (including phenoxy) is 1. The van der Waals surface area contributed by atoms with Gasteiger partial charge in [-0.25, -0.2) is 4.98 Å². The van der Waals surface area contributed by atoms with Gasteiger partial charge in [-0.1, -0.05) is 6.07 Å². The molecule has 1 N–H and O–H groups in total. The molecule has 1 aromatic rings. The largest absolute Gasteiger partial charge is 0.383 e. The molecule has 1 fully saturated rings. The standard InChI is InChI=1S/C11H16N2O/c1-14-8-10(9-5-6-9)13-11-4-2-3-7-12-11/h2-4,7,9-10H,5-6,8H2,1H3,(H,12,13). The monoisotopic (exact) mass is 192 g/mol. The summed E-state index contributed by atoms with van der Waals surface area (Å²) in [4.78, 5) is 4.24. The third-order valence-electron chi connectivity index (χ3n) is 2.54. The van der Waals surface area contributed by atoms with E-state index >= 15 is 0 Å². The molecular weight excluding hydrogens is 176 g/mol. The van der Waals surface area contributed by atoms with Gasteiger partial charge in [-0.05, 0) is 30.9 Å². The van der Waals surface area contributed by atoms with Gasteiger partial charge in [0.2, 0.25) is 0 Å². The van der Waals surface area contributed by atoms with Crippen LogP contribution in [0.15, 0.2) is 24.4 Å². The molecule has 3 heteroatoms. The van der Waals surface area contributed by atoms with Crippen LogP contribution in [-0.4, -0.2) is 24.7 Å². The molecule has 1 atom stereocenters. The van der Waals surface area contributed by atoms with Crippen molar-refractivity contribution in [2.75, 3.05) is 19.0 Å². The molecule has 1 saturated carbocycles. The fourth-order valence-corrected chi connectivity index (χ4v) is 1.61. The van der Waals surface area contributed by atoms with Gasteiger partial charge in [-0.3, -0.25) is 0 Å². The second kappa shape index (κ2) is 4.42. The smallest absolute Gasteiger partial charge is 0.126 e. The Morgan fingerprint density at radius 1 is 1.57 bits per heavy atom. The predicted octanol–water partition coefficient (Wildman–Crippen LogP) is 1.92. The first-order valence-electron chi connectivity index (χ1n) is 5.06. The molecule has 76 valence electrons. The van der Waals surface area contributed by atoms with Crippen LogP contribution in [0, 0.1) is 5.92 Å². The predicted molar refractivity (Wildman–Crippen MR) is 56.2 cm³/mol. The topological polar surface area (TPSA) is 34.1 Å². The summed E-state index contributed by atoms with van der Waals surface area (Å²) in [5, 5.41) is 3.41. The van der Waals surface area contributed by atoms with E-state index in [2.05, 4.69) is 10.3 Å². The zero-order chi connectivity index (χ0) is 9.80. The molecule has 0 aliphatic heterocycles. The molecule has 3 nitrogen and oxygen atoms in total. The van der Waals surface area contributed by atoms with Gasteiger partial charge in [0.05, 0.1) is 12.6 Å². The minimum Gasteiger partial charge on any atom is -0.383 e. The number of hydrogen-bond donors (Lipinski definition) is 1. The SMILES string of the molecule is COCC(Nc1ccccn1)C1CC1. The molecule has 1 aromatic heterocycles. The zero-order valence-corrected chi connectivity index (χ0v) is 8.44. The normalized spacial score (nSPS) is 17.8. The number of rotatable bonds is 5. The van der Waals surface area contributed by atoms with Crippen molar-refractivity contribution < 1.29 is 4.74 Å². The van der Waals surface area contributed by atoms with Crippen LogP contribution in [-0.2, 0) is 4.74 Å². The first kappa shape index (κ1) is 9.46. The third kappa shape index (κ3) is 2.45. The van der Waals surface area contributed by atoms with Crippen molar-refractivity contribution >= 4 is 5.82 Å². The van der Waals surface area contributed by atoms with Crippen molar-refractivity contribution in [2.24, 2.45) is 5.92 Å². The molecule has 0 saturated heterocycles. The van der Waals surface area contributed by atoms with Crippen molar-refractivity contribution in [3.05, 3.63) is 24.4 Å². The lowest BCUT2D eigenvalue weighted by atomic mass is 10.2. The lowest BCUT2D eigenvalue weighted by Crippen LogP contribution is -2.27. The number of nitrogens with one attached hydrogen (secondary N) is 1. The van der Waals surface area contributed by atoms with Gasteiger partial charge in [0.15, 0.2) is 0 Å². The van der Waals surface area contributed by atoms with E-state index in [9.17, 15) is 0 Å². The highest BCUT2D eigenvalue weighted by molar-refractivity contribution is 5.35. The maximum Gasteiger partial charge on any atom is 0.126 e. The molecule has 1 heterocycles. The minimum atomic E-state index is 0.426. The van der Waals surface area contributed by atoms with E-state index in [0.29, 0.717) is 6.04 Å². The molecule has 0 amide bonds.